The van der Waals surface area contributed by atoms with Gasteiger partial charge < -0.3 is 4.90 Å². The molecule has 1 saturated heterocycles. The van der Waals surface area contributed by atoms with Crippen LogP contribution in [-0.4, -0.2) is 21.7 Å². The van der Waals surface area contributed by atoms with Crippen molar-refractivity contribution in [2.45, 2.75) is 44.6 Å². The Bertz CT molecular complexity index is 734. The molecule has 1 aliphatic carbocycles. The Balaban J connectivity index is 2.13. The Morgan fingerprint density at radius 2 is 1.73 bits per heavy atom. The molecule has 22 heavy (non-hydrogen) atoms. The van der Waals surface area contributed by atoms with E-state index in [2.05, 4.69) is 4.90 Å². The maximum atomic E-state index is 12.3. The van der Waals surface area contributed by atoms with Gasteiger partial charge in [-0.25, -0.2) is 4.79 Å². The van der Waals surface area contributed by atoms with Crippen LogP contribution in [0.25, 0.3) is 0 Å². The van der Waals surface area contributed by atoms with Crippen molar-refractivity contribution < 1.29 is 0 Å². The molecule has 0 spiro atoms. The molecule has 0 N–H and O–H groups in total. The highest BCUT2D eigenvalue weighted by atomic mass is 16.2. The number of hydrogen-bond donors (Lipinski definition) is 0. The molecule has 1 unspecified atom stereocenters. The maximum absolute atomic E-state index is 12.3. The SMILES string of the molecule is Cn1c(N2CCCC2C2CCCC2)c(C#N)c(=O)n(C)c1=O. The largest absolute Gasteiger partial charge is 0.353 e. The second kappa shape index (κ2) is 5.64. The number of anilines is 1. The van der Waals surface area contributed by atoms with Crippen LogP contribution >= 0.6 is 0 Å². The molecule has 3 rings (SSSR count). The summed E-state index contributed by atoms with van der Waals surface area (Å²) in [5.74, 6) is 1.14. The Morgan fingerprint density at radius 3 is 2.36 bits per heavy atom. The Labute approximate surface area is 129 Å². The summed E-state index contributed by atoms with van der Waals surface area (Å²) in [6.45, 7) is 0.816. The molecule has 2 heterocycles. The highest BCUT2D eigenvalue weighted by molar-refractivity contribution is 5.55. The van der Waals surface area contributed by atoms with Gasteiger partial charge in [0.2, 0.25) is 0 Å². The van der Waals surface area contributed by atoms with E-state index in [-0.39, 0.29) is 11.3 Å². The summed E-state index contributed by atoms with van der Waals surface area (Å²) in [6.07, 6.45) is 7.07. The molecule has 0 aromatic carbocycles. The van der Waals surface area contributed by atoms with Crippen LogP contribution in [0.3, 0.4) is 0 Å². The van der Waals surface area contributed by atoms with Crippen LogP contribution in [-0.2, 0) is 14.1 Å². The lowest BCUT2D eigenvalue weighted by atomic mass is 9.96. The molecule has 0 radical (unpaired) electrons. The van der Waals surface area contributed by atoms with Crippen molar-refractivity contribution in [1.29, 1.82) is 5.26 Å². The Kier molecular flexibility index (Phi) is 3.81. The van der Waals surface area contributed by atoms with Crippen LogP contribution in [0.15, 0.2) is 9.59 Å². The quantitative estimate of drug-likeness (QED) is 0.820. The minimum Gasteiger partial charge on any atom is -0.353 e. The average Bonchev–Trinajstić information content (AvgIpc) is 3.18. The number of nitriles is 1. The van der Waals surface area contributed by atoms with E-state index < -0.39 is 5.56 Å². The molecule has 0 bridgehead atoms. The van der Waals surface area contributed by atoms with Gasteiger partial charge in [0, 0.05) is 26.7 Å². The molecule has 2 fully saturated rings. The molecular weight excluding hydrogens is 280 g/mol. The molecular formula is C16H22N4O2. The zero-order valence-corrected chi connectivity index (χ0v) is 13.2. The van der Waals surface area contributed by atoms with Gasteiger partial charge in [-0.05, 0) is 31.6 Å². The first kappa shape index (κ1) is 14.9. The summed E-state index contributed by atoms with van der Waals surface area (Å²) in [5, 5.41) is 9.45. The molecule has 1 saturated carbocycles. The molecule has 0 amide bonds. The predicted octanol–water partition coefficient (Wildman–Crippen LogP) is 1.11. The summed E-state index contributed by atoms with van der Waals surface area (Å²) < 4.78 is 2.48. The third-order valence-corrected chi connectivity index (χ3v) is 5.26. The minimum atomic E-state index is -0.488. The third kappa shape index (κ3) is 2.16. The van der Waals surface area contributed by atoms with E-state index in [9.17, 15) is 14.9 Å². The minimum absolute atomic E-state index is 0.0921. The smallest absolute Gasteiger partial charge is 0.332 e. The summed E-state index contributed by atoms with van der Waals surface area (Å²) in [5.41, 5.74) is -0.761. The van der Waals surface area contributed by atoms with Crippen LogP contribution in [0.2, 0.25) is 0 Å². The second-order valence-corrected chi connectivity index (χ2v) is 6.46. The first-order chi connectivity index (χ1) is 10.6. The number of aromatic nitrogens is 2. The lowest BCUT2D eigenvalue weighted by molar-refractivity contribution is 0.425. The van der Waals surface area contributed by atoms with E-state index in [0.717, 1.165) is 24.0 Å². The zero-order chi connectivity index (χ0) is 15.9. The van der Waals surface area contributed by atoms with Crippen LogP contribution in [0.5, 0.6) is 0 Å². The van der Waals surface area contributed by atoms with Crippen molar-refractivity contribution in [2.24, 2.45) is 20.0 Å². The van der Waals surface area contributed by atoms with E-state index >= 15 is 0 Å². The van der Waals surface area contributed by atoms with Crippen molar-refractivity contribution >= 4 is 5.82 Å². The molecule has 118 valence electrons. The van der Waals surface area contributed by atoms with E-state index in [1.165, 1.54) is 37.3 Å². The maximum Gasteiger partial charge on any atom is 0.332 e. The van der Waals surface area contributed by atoms with Gasteiger partial charge in [-0.1, -0.05) is 12.8 Å². The molecule has 6 nitrogen and oxygen atoms in total. The van der Waals surface area contributed by atoms with Gasteiger partial charge in [0.25, 0.3) is 5.56 Å². The van der Waals surface area contributed by atoms with Gasteiger partial charge in [-0.2, -0.15) is 5.26 Å². The third-order valence-electron chi connectivity index (χ3n) is 5.26. The molecule has 1 aromatic rings. The molecule has 1 aliphatic heterocycles. The van der Waals surface area contributed by atoms with Gasteiger partial charge in [-0.15, -0.1) is 0 Å². The fourth-order valence-electron chi connectivity index (χ4n) is 4.16. The van der Waals surface area contributed by atoms with E-state index in [0.29, 0.717) is 17.8 Å². The zero-order valence-electron chi connectivity index (χ0n) is 13.2. The van der Waals surface area contributed by atoms with Crippen LogP contribution in [0.4, 0.5) is 5.82 Å². The molecule has 1 atom stereocenters. The van der Waals surface area contributed by atoms with Crippen LogP contribution < -0.4 is 16.1 Å². The Morgan fingerprint density at radius 1 is 1.05 bits per heavy atom. The van der Waals surface area contributed by atoms with Crippen molar-refractivity contribution in [3.05, 3.63) is 26.4 Å². The standard InChI is InChI=1S/C16H22N4O2/c1-18-14(12(10-17)15(21)19(2)16(18)22)20-9-5-8-13(20)11-6-3-4-7-11/h11,13H,3-9H2,1-2H3. The number of rotatable bonds is 2. The lowest BCUT2D eigenvalue weighted by Crippen LogP contribution is -2.45. The molecule has 1 aromatic heterocycles. The van der Waals surface area contributed by atoms with Gasteiger partial charge in [0.05, 0.1) is 0 Å². The number of nitrogens with zero attached hydrogens (tertiary/aromatic N) is 4. The summed E-state index contributed by atoms with van der Waals surface area (Å²) in [7, 11) is 3.08. The van der Waals surface area contributed by atoms with Gasteiger partial charge in [0.1, 0.15) is 11.9 Å². The number of hydrogen-bond acceptors (Lipinski definition) is 4. The predicted molar refractivity (Wildman–Crippen MR) is 84.0 cm³/mol. The van der Waals surface area contributed by atoms with Gasteiger partial charge >= 0.3 is 5.69 Å². The second-order valence-electron chi connectivity index (χ2n) is 6.46. The average molecular weight is 302 g/mol. The highest BCUT2D eigenvalue weighted by Crippen LogP contribution is 2.37. The van der Waals surface area contributed by atoms with E-state index in [1.807, 2.05) is 6.07 Å². The normalized spacial score (nSPS) is 22.2. The first-order valence-electron chi connectivity index (χ1n) is 8.03. The van der Waals surface area contributed by atoms with Crippen LogP contribution in [0.1, 0.15) is 44.1 Å². The van der Waals surface area contributed by atoms with Gasteiger partial charge in [-0.3, -0.25) is 13.9 Å². The Hall–Kier alpha value is -2.03. The monoisotopic (exact) mass is 302 g/mol. The van der Waals surface area contributed by atoms with Crippen molar-refractivity contribution in [1.82, 2.24) is 9.13 Å². The fourth-order valence-corrected chi connectivity index (χ4v) is 4.16. The molecule has 2 aliphatic rings. The first-order valence-corrected chi connectivity index (χ1v) is 8.03. The van der Waals surface area contributed by atoms with Crippen molar-refractivity contribution in [2.75, 3.05) is 11.4 Å². The van der Waals surface area contributed by atoms with E-state index in [4.69, 9.17) is 0 Å². The lowest BCUT2D eigenvalue weighted by Gasteiger charge is -2.32. The highest BCUT2D eigenvalue weighted by Gasteiger charge is 2.36. The summed E-state index contributed by atoms with van der Waals surface area (Å²) in [6, 6.07) is 2.38. The topological polar surface area (TPSA) is 71.0 Å². The summed E-state index contributed by atoms with van der Waals surface area (Å²) >= 11 is 0. The van der Waals surface area contributed by atoms with Crippen molar-refractivity contribution in [3.63, 3.8) is 0 Å². The van der Waals surface area contributed by atoms with Crippen LogP contribution in [0, 0.1) is 17.2 Å². The van der Waals surface area contributed by atoms with Gasteiger partial charge in [0.15, 0.2) is 5.56 Å². The van der Waals surface area contributed by atoms with E-state index in [1.54, 1.807) is 7.05 Å². The summed E-state index contributed by atoms with van der Waals surface area (Å²) in [4.78, 5) is 26.7. The fraction of sp³-hybridized carbons (Fsp3) is 0.688. The van der Waals surface area contributed by atoms with Crippen molar-refractivity contribution in [3.8, 4) is 6.07 Å². The molecule has 6 heteroatoms.